The lowest BCUT2D eigenvalue weighted by atomic mass is 9.82. The lowest BCUT2D eigenvalue weighted by molar-refractivity contribution is -0.120. The fourth-order valence-corrected chi connectivity index (χ4v) is 3.90. The molecule has 2 aromatic rings. The molecule has 8 nitrogen and oxygen atoms in total. The molecule has 0 saturated carbocycles. The number of aromatic nitrogens is 3. The number of carbonyl (C=O) groups excluding carboxylic acids is 1. The van der Waals surface area contributed by atoms with Crippen LogP contribution in [0.2, 0.25) is 0 Å². The Bertz CT molecular complexity index is 862. The van der Waals surface area contributed by atoms with Gasteiger partial charge in [0.25, 0.3) is 0 Å². The second kappa shape index (κ2) is 9.49. The van der Waals surface area contributed by atoms with Crippen molar-refractivity contribution in [2.24, 2.45) is 11.3 Å². The Labute approximate surface area is 177 Å². The van der Waals surface area contributed by atoms with Gasteiger partial charge in [-0.1, -0.05) is 6.92 Å². The summed E-state index contributed by atoms with van der Waals surface area (Å²) in [6.45, 7) is 6.45. The third-order valence-electron chi connectivity index (χ3n) is 6.01. The lowest BCUT2D eigenvalue weighted by Crippen LogP contribution is -2.37. The van der Waals surface area contributed by atoms with Crippen LogP contribution in [0.5, 0.6) is 0 Å². The number of pyridine rings is 1. The molecule has 0 spiro atoms. The summed E-state index contributed by atoms with van der Waals surface area (Å²) >= 11 is 0. The molecule has 0 bridgehead atoms. The average molecular weight is 411 g/mol. The van der Waals surface area contributed by atoms with Crippen LogP contribution in [0, 0.1) is 11.3 Å². The second-order valence-corrected chi connectivity index (χ2v) is 8.50. The monoisotopic (exact) mass is 410 g/mol. The average Bonchev–Trinajstić information content (AvgIpc) is 2.79. The smallest absolute Gasteiger partial charge is 0.231 e. The van der Waals surface area contributed by atoms with Gasteiger partial charge in [0.05, 0.1) is 11.6 Å². The van der Waals surface area contributed by atoms with E-state index in [-0.39, 0.29) is 17.2 Å². The molecule has 4 rings (SSSR count). The summed E-state index contributed by atoms with van der Waals surface area (Å²) in [5, 5.41) is 9.59. The summed E-state index contributed by atoms with van der Waals surface area (Å²) in [4.78, 5) is 25.7. The highest BCUT2D eigenvalue weighted by atomic mass is 16.5. The Balaban J connectivity index is 1.41. The largest absolute Gasteiger partial charge is 0.381 e. The van der Waals surface area contributed by atoms with Crippen LogP contribution < -0.4 is 16.0 Å². The highest BCUT2D eigenvalue weighted by Gasteiger charge is 2.27. The van der Waals surface area contributed by atoms with Gasteiger partial charge >= 0.3 is 0 Å². The van der Waals surface area contributed by atoms with Gasteiger partial charge in [-0.05, 0) is 55.8 Å². The fraction of sp³-hybridized carbons (Fsp3) is 0.545. The Morgan fingerprint density at radius 1 is 1.27 bits per heavy atom. The van der Waals surface area contributed by atoms with Gasteiger partial charge in [0, 0.05) is 44.3 Å². The van der Waals surface area contributed by atoms with Gasteiger partial charge in [-0.2, -0.15) is 0 Å². The number of hydrogen-bond donors (Lipinski definition) is 3. The lowest BCUT2D eigenvalue weighted by Gasteiger charge is -2.33. The molecule has 1 amide bonds. The van der Waals surface area contributed by atoms with Crippen LogP contribution in [0.3, 0.4) is 0 Å². The third kappa shape index (κ3) is 5.31. The van der Waals surface area contributed by atoms with Gasteiger partial charge in [-0.25, -0.2) is 15.0 Å². The molecule has 2 aliphatic rings. The molecule has 2 saturated heterocycles. The standard InChI is InChI=1S/C22H30N6O2/c1-22(6-11-30-12-7-22)15-26-19-13-16(4-9-24-19)18-5-10-25-21(27-18)28-20(29)17-3-2-8-23-14-17/h4-5,9-10,13,17,23H,2-3,6-8,11-12,14-15H2,1H3,(H,24,26)(H,25,27,28,29). The van der Waals surface area contributed by atoms with Crippen LogP contribution in [-0.2, 0) is 9.53 Å². The van der Waals surface area contributed by atoms with Gasteiger partial charge < -0.3 is 15.4 Å². The summed E-state index contributed by atoms with van der Waals surface area (Å²) in [6, 6.07) is 5.75. The zero-order chi connectivity index (χ0) is 20.8. The maximum atomic E-state index is 12.5. The van der Waals surface area contributed by atoms with Crippen LogP contribution >= 0.6 is 0 Å². The van der Waals surface area contributed by atoms with E-state index in [0.717, 1.165) is 69.1 Å². The summed E-state index contributed by atoms with van der Waals surface area (Å²) in [5.74, 6) is 1.09. The number of rotatable bonds is 6. The van der Waals surface area contributed by atoms with E-state index >= 15 is 0 Å². The molecule has 0 aliphatic carbocycles. The van der Waals surface area contributed by atoms with Gasteiger partial charge in [0.2, 0.25) is 11.9 Å². The van der Waals surface area contributed by atoms with E-state index in [0.29, 0.717) is 12.5 Å². The predicted octanol–water partition coefficient (Wildman–Crippen LogP) is 2.71. The maximum absolute atomic E-state index is 12.5. The first-order valence-electron chi connectivity index (χ1n) is 10.7. The molecule has 1 atom stereocenters. The molecule has 2 fully saturated rings. The summed E-state index contributed by atoms with van der Waals surface area (Å²) < 4.78 is 5.48. The van der Waals surface area contributed by atoms with Crippen LogP contribution in [-0.4, -0.2) is 53.7 Å². The SMILES string of the molecule is CC1(CNc2cc(-c3ccnc(NC(=O)C4CCCNC4)n3)ccn2)CCOCC1. The molecular formula is C22H30N6O2. The van der Waals surface area contributed by atoms with Gasteiger partial charge in [0.15, 0.2) is 0 Å². The predicted molar refractivity (Wildman–Crippen MR) is 116 cm³/mol. The highest BCUT2D eigenvalue weighted by molar-refractivity contribution is 5.91. The van der Waals surface area contributed by atoms with Gasteiger partial charge in [0.1, 0.15) is 5.82 Å². The molecule has 1 unspecified atom stereocenters. The number of piperidine rings is 1. The summed E-state index contributed by atoms with van der Waals surface area (Å²) in [7, 11) is 0. The third-order valence-corrected chi connectivity index (χ3v) is 6.01. The quantitative estimate of drug-likeness (QED) is 0.673. The maximum Gasteiger partial charge on any atom is 0.231 e. The van der Waals surface area contributed by atoms with E-state index in [9.17, 15) is 4.79 Å². The fourth-order valence-electron chi connectivity index (χ4n) is 3.90. The van der Waals surface area contributed by atoms with E-state index in [2.05, 4.69) is 37.8 Å². The van der Waals surface area contributed by atoms with Crippen molar-refractivity contribution in [1.29, 1.82) is 0 Å². The van der Waals surface area contributed by atoms with Crippen molar-refractivity contribution in [3.05, 3.63) is 30.6 Å². The molecule has 4 heterocycles. The Morgan fingerprint density at radius 2 is 2.10 bits per heavy atom. The number of nitrogens with zero attached hydrogens (tertiary/aromatic N) is 3. The first-order chi connectivity index (χ1) is 14.6. The van der Waals surface area contributed by atoms with Crippen LogP contribution in [0.4, 0.5) is 11.8 Å². The summed E-state index contributed by atoms with van der Waals surface area (Å²) in [6.07, 6.45) is 7.45. The molecule has 30 heavy (non-hydrogen) atoms. The molecule has 0 aromatic carbocycles. The Morgan fingerprint density at radius 3 is 2.90 bits per heavy atom. The summed E-state index contributed by atoms with van der Waals surface area (Å²) in [5.41, 5.74) is 1.91. The van der Waals surface area contributed by atoms with Crippen LogP contribution in [0.25, 0.3) is 11.3 Å². The molecule has 160 valence electrons. The molecule has 2 aliphatic heterocycles. The minimum absolute atomic E-state index is 0.0267. The number of anilines is 2. The van der Waals surface area contributed by atoms with Crippen molar-refractivity contribution in [3.63, 3.8) is 0 Å². The van der Waals surface area contributed by atoms with Crippen molar-refractivity contribution < 1.29 is 9.53 Å². The second-order valence-electron chi connectivity index (χ2n) is 8.50. The normalized spacial score (nSPS) is 21.0. The van der Waals surface area contributed by atoms with Crippen molar-refractivity contribution in [1.82, 2.24) is 20.3 Å². The number of hydrogen-bond acceptors (Lipinski definition) is 7. The highest BCUT2D eigenvalue weighted by Crippen LogP contribution is 2.30. The van der Waals surface area contributed by atoms with E-state index < -0.39 is 0 Å². The molecule has 8 heteroatoms. The number of amides is 1. The van der Waals surface area contributed by atoms with Crippen molar-refractivity contribution in [3.8, 4) is 11.3 Å². The molecule has 2 aromatic heterocycles. The van der Waals surface area contributed by atoms with E-state index in [1.165, 1.54) is 0 Å². The van der Waals surface area contributed by atoms with Crippen molar-refractivity contribution in [2.45, 2.75) is 32.6 Å². The first-order valence-corrected chi connectivity index (χ1v) is 10.7. The van der Waals surface area contributed by atoms with E-state index in [4.69, 9.17) is 4.74 Å². The number of ether oxygens (including phenoxy) is 1. The van der Waals surface area contributed by atoms with Crippen molar-refractivity contribution >= 4 is 17.7 Å². The Kier molecular flexibility index (Phi) is 6.54. The topological polar surface area (TPSA) is 101 Å². The molecule has 3 N–H and O–H groups in total. The minimum atomic E-state index is -0.0331. The van der Waals surface area contributed by atoms with Crippen LogP contribution in [0.1, 0.15) is 32.6 Å². The minimum Gasteiger partial charge on any atom is -0.381 e. The molecular weight excluding hydrogens is 380 g/mol. The number of nitrogens with one attached hydrogen (secondary N) is 3. The van der Waals surface area contributed by atoms with Gasteiger partial charge in [-0.3, -0.25) is 10.1 Å². The molecule has 0 radical (unpaired) electrons. The Hall–Kier alpha value is -2.58. The van der Waals surface area contributed by atoms with Gasteiger partial charge in [-0.15, -0.1) is 0 Å². The zero-order valence-electron chi connectivity index (χ0n) is 17.5. The zero-order valence-corrected chi connectivity index (χ0v) is 17.5. The first kappa shape index (κ1) is 20.7. The van der Waals surface area contributed by atoms with Crippen molar-refractivity contribution in [2.75, 3.05) is 43.5 Å². The van der Waals surface area contributed by atoms with E-state index in [1.54, 1.807) is 12.4 Å². The van der Waals surface area contributed by atoms with E-state index in [1.807, 2.05) is 18.2 Å². The number of carbonyl (C=O) groups is 1. The van der Waals surface area contributed by atoms with Crippen LogP contribution in [0.15, 0.2) is 30.6 Å².